The number of nitrogens with two attached hydrogens (primary N) is 1. The molecule has 1 amide bonds. The maximum Gasteiger partial charge on any atom is 0.252 e. The molecule has 1 spiro atoms. The standard InChI is InChI=1S/C27H30N6O3/c1-2-36-23-6-4-3-5-21(23)31-22-13-25(30-17-20(22)26(28)35)32-24-8-7-18(16-29-24)33-11-9-27(10-12-33)14-19(34)15-27/h3-8,13,16-17H,2,9-12,14-15H2,1H3,(H2,28,35)(H2,29,30,31,32). The molecule has 1 saturated heterocycles. The zero-order chi connectivity index (χ0) is 25.1. The topological polar surface area (TPSA) is 122 Å². The molecule has 9 nitrogen and oxygen atoms in total. The molecule has 36 heavy (non-hydrogen) atoms. The fourth-order valence-corrected chi connectivity index (χ4v) is 4.98. The molecular weight excluding hydrogens is 456 g/mol. The Kier molecular flexibility index (Phi) is 6.45. The van der Waals surface area contributed by atoms with Gasteiger partial charge >= 0.3 is 0 Å². The molecule has 186 valence electrons. The van der Waals surface area contributed by atoms with Gasteiger partial charge in [-0.25, -0.2) is 9.97 Å². The van der Waals surface area contributed by atoms with E-state index in [0.717, 1.165) is 50.1 Å². The smallest absolute Gasteiger partial charge is 0.252 e. The Morgan fingerprint density at radius 1 is 1.03 bits per heavy atom. The van der Waals surface area contributed by atoms with E-state index in [2.05, 4.69) is 25.5 Å². The van der Waals surface area contributed by atoms with Crippen LogP contribution in [0.15, 0.2) is 54.9 Å². The summed E-state index contributed by atoms with van der Waals surface area (Å²) < 4.78 is 5.68. The number of para-hydroxylation sites is 2. The average molecular weight is 487 g/mol. The highest BCUT2D eigenvalue weighted by Crippen LogP contribution is 2.47. The van der Waals surface area contributed by atoms with Crippen LogP contribution in [-0.2, 0) is 4.79 Å². The number of nitrogens with one attached hydrogen (secondary N) is 2. The van der Waals surface area contributed by atoms with Crippen molar-refractivity contribution in [3.05, 3.63) is 60.4 Å². The normalized spacial score (nSPS) is 16.4. The Labute approximate surface area is 210 Å². The van der Waals surface area contributed by atoms with E-state index in [1.807, 2.05) is 49.5 Å². The molecule has 1 aromatic carbocycles. The third-order valence-electron chi connectivity index (χ3n) is 6.96. The largest absolute Gasteiger partial charge is 0.492 e. The zero-order valence-electron chi connectivity index (χ0n) is 20.3. The van der Waals surface area contributed by atoms with Gasteiger partial charge < -0.3 is 26.0 Å². The number of ketones is 1. The summed E-state index contributed by atoms with van der Waals surface area (Å²) in [6.45, 7) is 4.31. The summed E-state index contributed by atoms with van der Waals surface area (Å²) in [7, 11) is 0. The molecular formula is C27H30N6O3. The second-order valence-electron chi connectivity index (χ2n) is 9.44. The molecule has 1 saturated carbocycles. The van der Waals surface area contributed by atoms with E-state index in [-0.39, 0.29) is 11.0 Å². The number of carbonyl (C=O) groups is 2. The van der Waals surface area contributed by atoms with E-state index in [1.54, 1.807) is 6.07 Å². The Morgan fingerprint density at radius 2 is 1.78 bits per heavy atom. The zero-order valence-corrected chi connectivity index (χ0v) is 20.3. The SMILES string of the molecule is CCOc1ccccc1Nc1cc(Nc2ccc(N3CCC4(CC3)CC(=O)C4)cn2)ncc1C(N)=O. The van der Waals surface area contributed by atoms with Crippen molar-refractivity contribution in [2.75, 3.05) is 35.2 Å². The molecule has 0 unspecified atom stereocenters. The maximum atomic E-state index is 12.0. The summed E-state index contributed by atoms with van der Waals surface area (Å²) in [5.41, 5.74) is 8.40. The maximum absolute atomic E-state index is 12.0. The molecule has 0 radical (unpaired) electrons. The Balaban J connectivity index is 1.29. The van der Waals surface area contributed by atoms with Crippen LogP contribution in [0.2, 0.25) is 0 Å². The van der Waals surface area contributed by atoms with Gasteiger partial charge in [-0.05, 0) is 49.4 Å². The van der Waals surface area contributed by atoms with Crippen LogP contribution in [0.4, 0.5) is 28.7 Å². The molecule has 2 fully saturated rings. The van der Waals surface area contributed by atoms with Crippen LogP contribution in [-0.4, -0.2) is 41.4 Å². The quantitative estimate of drug-likeness (QED) is 0.428. The fourth-order valence-electron chi connectivity index (χ4n) is 4.98. The van der Waals surface area contributed by atoms with Gasteiger partial charge in [0.05, 0.1) is 35.4 Å². The Bertz CT molecular complexity index is 1260. The second-order valence-corrected chi connectivity index (χ2v) is 9.44. The van der Waals surface area contributed by atoms with Gasteiger partial charge in [-0.3, -0.25) is 9.59 Å². The number of primary amides is 1. The number of anilines is 5. The third kappa shape index (κ3) is 4.95. The number of pyridine rings is 2. The molecule has 9 heteroatoms. The molecule has 2 aliphatic rings. The lowest BCUT2D eigenvalue weighted by Gasteiger charge is -2.47. The number of Topliss-reactive ketones (excluding diaryl/α,β-unsaturated/α-hetero) is 1. The molecule has 3 heterocycles. The first-order valence-corrected chi connectivity index (χ1v) is 12.2. The lowest BCUT2D eigenvalue weighted by Crippen LogP contribution is -2.47. The molecule has 4 N–H and O–H groups in total. The first-order chi connectivity index (χ1) is 17.4. The molecule has 1 aliphatic heterocycles. The first kappa shape index (κ1) is 23.6. The number of hydrogen-bond donors (Lipinski definition) is 3. The lowest BCUT2D eigenvalue weighted by atomic mass is 9.62. The van der Waals surface area contributed by atoms with Crippen LogP contribution in [0, 0.1) is 5.41 Å². The fraction of sp³-hybridized carbons (Fsp3) is 0.333. The lowest BCUT2D eigenvalue weighted by molar-refractivity contribution is -0.133. The molecule has 2 aromatic heterocycles. The predicted octanol–water partition coefficient (Wildman–Crippen LogP) is 4.41. The average Bonchev–Trinajstić information content (AvgIpc) is 2.86. The second kappa shape index (κ2) is 9.85. The first-order valence-electron chi connectivity index (χ1n) is 12.2. The van der Waals surface area contributed by atoms with Gasteiger partial charge in [-0.2, -0.15) is 0 Å². The van der Waals surface area contributed by atoms with Gasteiger partial charge in [-0.15, -0.1) is 0 Å². The summed E-state index contributed by atoms with van der Waals surface area (Å²) in [5.74, 6) is 1.65. The van der Waals surface area contributed by atoms with Crippen LogP contribution in [0.25, 0.3) is 0 Å². The van der Waals surface area contributed by atoms with Crippen LogP contribution in [0.5, 0.6) is 5.75 Å². The predicted molar refractivity (Wildman–Crippen MR) is 139 cm³/mol. The van der Waals surface area contributed by atoms with Gasteiger partial charge in [0, 0.05) is 38.2 Å². The number of ether oxygens (including phenoxy) is 1. The van der Waals surface area contributed by atoms with Crippen molar-refractivity contribution >= 4 is 40.4 Å². The van der Waals surface area contributed by atoms with Gasteiger partial charge in [0.25, 0.3) is 5.91 Å². The van der Waals surface area contributed by atoms with E-state index in [0.29, 0.717) is 35.5 Å². The van der Waals surface area contributed by atoms with E-state index >= 15 is 0 Å². The van der Waals surface area contributed by atoms with Crippen molar-refractivity contribution in [2.24, 2.45) is 11.1 Å². The monoisotopic (exact) mass is 486 g/mol. The van der Waals surface area contributed by atoms with Crippen molar-refractivity contribution in [1.29, 1.82) is 0 Å². The summed E-state index contributed by atoms with van der Waals surface area (Å²) >= 11 is 0. The van der Waals surface area contributed by atoms with E-state index in [1.165, 1.54) is 6.20 Å². The van der Waals surface area contributed by atoms with Crippen LogP contribution >= 0.6 is 0 Å². The highest BCUT2D eigenvalue weighted by molar-refractivity contribution is 5.99. The molecule has 0 bridgehead atoms. The summed E-state index contributed by atoms with van der Waals surface area (Å²) in [5, 5.41) is 6.45. The summed E-state index contributed by atoms with van der Waals surface area (Å²) in [6.07, 6.45) is 6.89. The van der Waals surface area contributed by atoms with Gasteiger partial charge in [0.15, 0.2) is 0 Å². The minimum absolute atomic E-state index is 0.250. The highest BCUT2D eigenvalue weighted by atomic mass is 16.5. The number of nitrogens with zero attached hydrogens (tertiary/aromatic N) is 3. The summed E-state index contributed by atoms with van der Waals surface area (Å²) in [6, 6.07) is 13.2. The number of rotatable bonds is 8. The summed E-state index contributed by atoms with van der Waals surface area (Å²) in [4.78, 5) is 34.7. The van der Waals surface area contributed by atoms with E-state index < -0.39 is 5.91 Å². The van der Waals surface area contributed by atoms with E-state index in [9.17, 15) is 9.59 Å². The molecule has 0 atom stereocenters. The number of carbonyl (C=O) groups excluding carboxylic acids is 2. The van der Waals surface area contributed by atoms with Crippen LogP contribution in [0.1, 0.15) is 43.0 Å². The minimum atomic E-state index is -0.581. The van der Waals surface area contributed by atoms with E-state index in [4.69, 9.17) is 10.5 Å². The highest BCUT2D eigenvalue weighted by Gasteiger charge is 2.45. The van der Waals surface area contributed by atoms with Crippen molar-refractivity contribution in [1.82, 2.24) is 9.97 Å². The van der Waals surface area contributed by atoms with Gasteiger partial charge in [-0.1, -0.05) is 12.1 Å². The molecule has 3 aromatic rings. The van der Waals surface area contributed by atoms with Crippen molar-refractivity contribution in [3.63, 3.8) is 0 Å². The van der Waals surface area contributed by atoms with Crippen LogP contribution in [0.3, 0.4) is 0 Å². The molecule has 1 aliphatic carbocycles. The minimum Gasteiger partial charge on any atom is -0.492 e. The van der Waals surface area contributed by atoms with Crippen molar-refractivity contribution < 1.29 is 14.3 Å². The number of benzene rings is 1. The van der Waals surface area contributed by atoms with Gasteiger partial charge in [0.1, 0.15) is 23.2 Å². The number of aromatic nitrogens is 2. The number of piperidine rings is 1. The van der Waals surface area contributed by atoms with Gasteiger partial charge in [0.2, 0.25) is 0 Å². The van der Waals surface area contributed by atoms with Crippen molar-refractivity contribution in [3.8, 4) is 5.75 Å². The van der Waals surface area contributed by atoms with Crippen molar-refractivity contribution in [2.45, 2.75) is 32.6 Å². The Morgan fingerprint density at radius 3 is 2.44 bits per heavy atom. The molecule has 5 rings (SSSR count). The number of hydrogen-bond acceptors (Lipinski definition) is 8. The van der Waals surface area contributed by atoms with Crippen LogP contribution < -0.4 is 26.0 Å². The Hall–Kier alpha value is -4.14. The third-order valence-corrected chi connectivity index (χ3v) is 6.96. The number of amides is 1.